The van der Waals surface area contributed by atoms with Crippen LogP contribution in [0.1, 0.15) is 29.5 Å². The molecular weight excluding hydrogens is 415 g/mol. The Morgan fingerprint density at radius 1 is 1.16 bits per heavy atom. The van der Waals surface area contributed by atoms with Gasteiger partial charge in [0.15, 0.2) is 5.76 Å². The van der Waals surface area contributed by atoms with Crippen LogP contribution < -0.4 is 5.32 Å². The number of amides is 1. The summed E-state index contributed by atoms with van der Waals surface area (Å²) in [5.41, 5.74) is 1.46. The maximum atomic E-state index is 14.1. The van der Waals surface area contributed by atoms with Crippen LogP contribution in [0.25, 0.3) is 11.0 Å². The molecule has 1 amide bonds. The number of benzene rings is 2. The zero-order valence-electron chi connectivity index (χ0n) is 17.6. The first kappa shape index (κ1) is 21.9. The van der Waals surface area contributed by atoms with Crippen molar-refractivity contribution in [1.29, 1.82) is 0 Å². The Balaban J connectivity index is 1.46. The van der Waals surface area contributed by atoms with Crippen LogP contribution in [-0.4, -0.2) is 49.7 Å². The summed E-state index contributed by atoms with van der Waals surface area (Å²) in [6, 6.07) is 14.3. The summed E-state index contributed by atoms with van der Waals surface area (Å²) in [7, 11) is 0. The first-order valence-corrected chi connectivity index (χ1v) is 11.6. The van der Waals surface area contributed by atoms with Crippen molar-refractivity contribution < 1.29 is 18.3 Å². The number of carbonyl (C=O) groups excluding carboxylic acids is 1. The maximum Gasteiger partial charge on any atom is 0.287 e. The normalized spacial score (nSPS) is 15.8. The van der Waals surface area contributed by atoms with E-state index in [9.17, 15) is 9.18 Å². The van der Waals surface area contributed by atoms with Gasteiger partial charge in [0.05, 0.1) is 13.2 Å². The number of nitrogens with one attached hydrogen (secondary N) is 1. The van der Waals surface area contributed by atoms with Crippen molar-refractivity contribution >= 4 is 28.6 Å². The molecule has 4 rings (SSSR count). The molecule has 1 aliphatic rings. The number of carbonyl (C=O) groups is 1. The smallest absolute Gasteiger partial charge is 0.287 e. The van der Waals surface area contributed by atoms with Gasteiger partial charge in [0.1, 0.15) is 11.4 Å². The fourth-order valence-corrected chi connectivity index (χ4v) is 4.67. The maximum absolute atomic E-state index is 14.1. The number of para-hydroxylation sites is 1. The summed E-state index contributed by atoms with van der Waals surface area (Å²) in [5, 5.41) is 3.96. The van der Waals surface area contributed by atoms with E-state index >= 15 is 0 Å². The number of hydrogen-bond acceptors (Lipinski definition) is 5. The van der Waals surface area contributed by atoms with Crippen molar-refractivity contribution in [3.05, 3.63) is 65.7 Å². The zero-order valence-corrected chi connectivity index (χ0v) is 18.4. The van der Waals surface area contributed by atoms with Crippen molar-refractivity contribution in [2.75, 3.05) is 32.8 Å². The Labute approximate surface area is 185 Å². The monoisotopic (exact) mass is 442 g/mol. The number of ether oxygens (including phenoxy) is 1. The lowest BCUT2D eigenvalue weighted by molar-refractivity contribution is 0.0362. The van der Waals surface area contributed by atoms with Crippen LogP contribution in [0.15, 0.2) is 57.8 Å². The van der Waals surface area contributed by atoms with E-state index in [2.05, 4.69) is 10.2 Å². The molecule has 31 heavy (non-hydrogen) atoms. The van der Waals surface area contributed by atoms with Gasteiger partial charge in [-0.05, 0) is 31.5 Å². The summed E-state index contributed by atoms with van der Waals surface area (Å²) in [4.78, 5) is 16.0. The van der Waals surface area contributed by atoms with Crippen LogP contribution >= 0.6 is 11.8 Å². The molecule has 5 nitrogen and oxygen atoms in total. The van der Waals surface area contributed by atoms with Crippen molar-refractivity contribution in [3.8, 4) is 0 Å². The number of morpholine rings is 1. The SMILES string of the molecule is CC(CCN1CCOCC1)NC(=O)c1oc2ccccc2c1CSc1ccccc1F. The molecular formula is C24H27FN2O3S. The molecule has 1 atom stereocenters. The largest absolute Gasteiger partial charge is 0.451 e. The lowest BCUT2D eigenvalue weighted by Gasteiger charge is -2.27. The van der Waals surface area contributed by atoms with Crippen LogP contribution in [0.5, 0.6) is 0 Å². The Kier molecular flexibility index (Phi) is 7.27. The molecule has 0 spiro atoms. The van der Waals surface area contributed by atoms with Crippen LogP contribution in [0.2, 0.25) is 0 Å². The van der Waals surface area contributed by atoms with Crippen molar-refractivity contribution in [3.63, 3.8) is 0 Å². The molecule has 3 aromatic rings. The lowest BCUT2D eigenvalue weighted by atomic mass is 10.1. The Bertz CT molecular complexity index is 1030. The molecule has 1 aliphatic heterocycles. The minimum Gasteiger partial charge on any atom is -0.451 e. The van der Waals surface area contributed by atoms with E-state index in [-0.39, 0.29) is 17.8 Å². The molecule has 1 fully saturated rings. The molecule has 1 unspecified atom stereocenters. The van der Waals surface area contributed by atoms with Gasteiger partial charge in [0.25, 0.3) is 5.91 Å². The van der Waals surface area contributed by atoms with E-state index < -0.39 is 0 Å². The molecule has 1 N–H and O–H groups in total. The number of furan rings is 1. The molecule has 0 bridgehead atoms. The van der Waals surface area contributed by atoms with Gasteiger partial charge < -0.3 is 14.5 Å². The molecule has 7 heteroatoms. The van der Waals surface area contributed by atoms with E-state index in [0.717, 1.165) is 50.2 Å². The van der Waals surface area contributed by atoms with E-state index in [1.807, 2.05) is 37.3 Å². The minimum atomic E-state index is -0.261. The topological polar surface area (TPSA) is 54.7 Å². The van der Waals surface area contributed by atoms with Gasteiger partial charge in [-0.25, -0.2) is 4.39 Å². The second-order valence-electron chi connectivity index (χ2n) is 7.74. The molecule has 164 valence electrons. The second kappa shape index (κ2) is 10.3. The van der Waals surface area contributed by atoms with Crippen molar-refractivity contribution in [2.24, 2.45) is 0 Å². The first-order valence-electron chi connectivity index (χ1n) is 10.6. The van der Waals surface area contributed by atoms with Gasteiger partial charge in [-0.3, -0.25) is 9.69 Å². The number of nitrogens with zero attached hydrogens (tertiary/aromatic N) is 1. The molecule has 2 heterocycles. The third kappa shape index (κ3) is 5.47. The highest BCUT2D eigenvalue weighted by atomic mass is 32.2. The van der Waals surface area contributed by atoms with Gasteiger partial charge >= 0.3 is 0 Å². The van der Waals surface area contributed by atoms with Crippen molar-refractivity contribution in [1.82, 2.24) is 10.2 Å². The first-order chi connectivity index (χ1) is 15.1. The highest BCUT2D eigenvalue weighted by Gasteiger charge is 2.22. The molecule has 1 saturated heterocycles. The highest BCUT2D eigenvalue weighted by molar-refractivity contribution is 7.98. The fourth-order valence-electron chi connectivity index (χ4n) is 3.70. The zero-order chi connectivity index (χ0) is 21.6. The van der Waals surface area contributed by atoms with Gasteiger partial charge in [0.2, 0.25) is 0 Å². The van der Waals surface area contributed by atoms with Crippen molar-refractivity contribution in [2.45, 2.75) is 30.0 Å². The summed E-state index contributed by atoms with van der Waals surface area (Å²) < 4.78 is 25.4. The molecule has 0 radical (unpaired) electrons. The van der Waals surface area contributed by atoms with Crippen LogP contribution in [0, 0.1) is 5.82 Å². The van der Waals surface area contributed by atoms with Crippen LogP contribution in [0.3, 0.4) is 0 Å². The summed E-state index contributed by atoms with van der Waals surface area (Å²) >= 11 is 1.37. The number of rotatable bonds is 8. The van der Waals surface area contributed by atoms with Gasteiger partial charge in [-0.2, -0.15) is 0 Å². The van der Waals surface area contributed by atoms with E-state index in [1.54, 1.807) is 12.1 Å². The molecule has 0 aliphatic carbocycles. The Morgan fingerprint density at radius 3 is 2.71 bits per heavy atom. The fraction of sp³-hybridized carbons (Fsp3) is 0.375. The van der Waals surface area contributed by atoms with Gasteiger partial charge in [-0.1, -0.05) is 30.3 Å². The number of hydrogen-bond donors (Lipinski definition) is 1. The number of thioether (sulfide) groups is 1. The number of fused-ring (bicyclic) bond motifs is 1. The molecule has 2 aromatic carbocycles. The van der Waals surface area contributed by atoms with Crippen LogP contribution in [-0.2, 0) is 10.5 Å². The quantitative estimate of drug-likeness (QED) is 0.512. The Morgan fingerprint density at radius 2 is 1.90 bits per heavy atom. The minimum absolute atomic E-state index is 0.00984. The lowest BCUT2D eigenvalue weighted by Crippen LogP contribution is -2.40. The third-order valence-corrected chi connectivity index (χ3v) is 6.55. The molecule has 1 aromatic heterocycles. The third-order valence-electron chi connectivity index (χ3n) is 5.47. The van der Waals surface area contributed by atoms with Gasteiger partial charge in [-0.15, -0.1) is 11.8 Å². The summed E-state index contributed by atoms with van der Waals surface area (Å²) in [5.74, 6) is 0.268. The average molecular weight is 443 g/mol. The highest BCUT2D eigenvalue weighted by Crippen LogP contribution is 2.33. The average Bonchev–Trinajstić information content (AvgIpc) is 3.17. The van der Waals surface area contributed by atoms with Crippen LogP contribution in [0.4, 0.5) is 4.39 Å². The second-order valence-corrected chi connectivity index (χ2v) is 8.76. The molecule has 0 saturated carbocycles. The van der Waals surface area contributed by atoms with E-state index in [0.29, 0.717) is 22.0 Å². The predicted octanol–water partition coefficient (Wildman–Crippen LogP) is 4.70. The number of halogens is 1. The van der Waals surface area contributed by atoms with E-state index in [4.69, 9.17) is 9.15 Å². The van der Waals surface area contributed by atoms with E-state index in [1.165, 1.54) is 17.8 Å². The summed E-state index contributed by atoms with van der Waals surface area (Å²) in [6.45, 7) is 6.32. The summed E-state index contributed by atoms with van der Waals surface area (Å²) in [6.07, 6.45) is 0.852. The Hall–Kier alpha value is -2.35. The van der Waals surface area contributed by atoms with Gasteiger partial charge in [0, 0.05) is 47.3 Å². The predicted molar refractivity (Wildman–Crippen MR) is 121 cm³/mol. The standard InChI is InChI=1S/C24H27FN2O3S/c1-17(10-11-27-12-14-29-15-13-27)26-24(28)23-19(18-6-2-4-8-21(18)30-23)16-31-22-9-5-3-7-20(22)25/h2-9,17H,10-16H2,1H3,(H,26,28).